The molecule has 2 aromatic heterocycles. The van der Waals surface area contributed by atoms with Gasteiger partial charge in [-0.05, 0) is 37.6 Å². The minimum absolute atomic E-state index is 0.0283. The highest BCUT2D eigenvalue weighted by molar-refractivity contribution is 5.77. The van der Waals surface area contributed by atoms with E-state index >= 15 is 0 Å². The van der Waals surface area contributed by atoms with Crippen molar-refractivity contribution in [1.29, 1.82) is 0 Å². The average Bonchev–Trinajstić information content (AvgIpc) is 3.27. The van der Waals surface area contributed by atoms with E-state index in [0.29, 0.717) is 37.8 Å². The molecule has 0 bridgehead atoms. The van der Waals surface area contributed by atoms with Crippen molar-refractivity contribution < 1.29 is 14.1 Å². The number of rotatable bonds is 8. The number of likely N-dealkylation sites (N-methyl/N-ethyl adjacent to an activating group) is 1. The Morgan fingerprint density at radius 1 is 1.40 bits per heavy atom. The number of hydrogen-bond acceptors (Lipinski definition) is 7. The zero-order valence-corrected chi connectivity index (χ0v) is 14.4. The summed E-state index contributed by atoms with van der Waals surface area (Å²) in [5.74, 6) is 1.10. The molecule has 0 radical (unpaired) electrons. The molecule has 0 aromatic carbocycles. The van der Waals surface area contributed by atoms with E-state index in [4.69, 9.17) is 9.26 Å². The molecule has 0 saturated carbocycles. The summed E-state index contributed by atoms with van der Waals surface area (Å²) in [6.45, 7) is 2.25. The topological polar surface area (TPSA) is 93.4 Å². The van der Waals surface area contributed by atoms with E-state index in [1.54, 1.807) is 12.4 Å². The molecule has 25 heavy (non-hydrogen) atoms. The van der Waals surface area contributed by atoms with Crippen molar-refractivity contribution in [2.75, 3.05) is 26.7 Å². The van der Waals surface area contributed by atoms with Gasteiger partial charge in [-0.25, -0.2) is 0 Å². The Morgan fingerprint density at radius 2 is 2.24 bits per heavy atom. The van der Waals surface area contributed by atoms with Crippen molar-refractivity contribution in [2.45, 2.75) is 31.9 Å². The first-order valence-corrected chi connectivity index (χ1v) is 8.49. The first kappa shape index (κ1) is 17.5. The SMILES string of the molecule is CN(CC(=O)NCCc1noc(C2CCCO2)n1)Cc1ccncc1. The number of pyridine rings is 1. The summed E-state index contributed by atoms with van der Waals surface area (Å²) in [7, 11) is 1.91. The molecule has 1 saturated heterocycles. The molecular weight excluding hydrogens is 322 g/mol. The van der Waals surface area contributed by atoms with Crippen LogP contribution in [0.2, 0.25) is 0 Å². The quantitative estimate of drug-likeness (QED) is 0.766. The van der Waals surface area contributed by atoms with Crippen molar-refractivity contribution >= 4 is 5.91 Å². The lowest BCUT2D eigenvalue weighted by atomic mass is 10.2. The van der Waals surface area contributed by atoms with Gasteiger partial charge < -0.3 is 14.6 Å². The lowest BCUT2D eigenvalue weighted by molar-refractivity contribution is -0.122. The molecule has 0 aliphatic carbocycles. The predicted octanol–water partition coefficient (Wildman–Crippen LogP) is 1.11. The molecule has 1 atom stereocenters. The van der Waals surface area contributed by atoms with Crippen molar-refractivity contribution in [3.8, 4) is 0 Å². The van der Waals surface area contributed by atoms with Gasteiger partial charge in [-0.1, -0.05) is 5.16 Å². The van der Waals surface area contributed by atoms with Crippen LogP contribution < -0.4 is 5.32 Å². The van der Waals surface area contributed by atoms with Gasteiger partial charge in [0.25, 0.3) is 5.89 Å². The Morgan fingerprint density at radius 3 is 3.00 bits per heavy atom. The average molecular weight is 345 g/mol. The summed E-state index contributed by atoms with van der Waals surface area (Å²) in [5.41, 5.74) is 1.12. The van der Waals surface area contributed by atoms with Crippen LogP contribution in [0, 0.1) is 0 Å². The molecule has 1 aliphatic rings. The van der Waals surface area contributed by atoms with Gasteiger partial charge in [0.1, 0.15) is 6.10 Å². The van der Waals surface area contributed by atoms with Gasteiger partial charge in [0.05, 0.1) is 6.54 Å². The van der Waals surface area contributed by atoms with Gasteiger partial charge in [0.2, 0.25) is 5.91 Å². The lowest BCUT2D eigenvalue weighted by Crippen LogP contribution is -2.35. The number of nitrogens with one attached hydrogen (secondary N) is 1. The summed E-state index contributed by atoms with van der Waals surface area (Å²) in [6.07, 6.45) is 5.90. The maximum absolute atomic E-state index is 12.0. The van der Waals surface area contributed by atoms with Crippen molar-refractivity contribution in [1.82, 2.24) is 25.3 Å². The second-order valence-electron chi connectivity index (χ2n) is 6.18. The number of aromatic nitrogens is 3. The van der Waals surface area contributed by atoms with Crippen LogP contribution in [0.15, 0.2) is 29.0 Å². The molecule has 1 amide bonds. The summed E-state index contributed by atoms with van der Waals surface area (Å²) >= 11 is 0. The van der Waals surface area contributed by atoms with Crippen LogP contribution >= 0.6 is 0 Å². The second kappa shape index (κ2) is 8.68. The molecule has 8 heteroatoms. The van der Waals surface area contributed by atoms with Gasteiger partial charge in [-0.2, -0.15) is 4.98 Å². The van der Waals surface area contributed by atoms with Crippen LogP contribution in [-0.2, 0) is 22.5 Å². The third kappa shape index (κ3) is 5.33. The Kier molecular flexibility index (Phi) is 6.08. The Bertz CT molecular complexity index is 670. The Hall–Kier alpha value is -2.32. The van der Waals surface area contributed by atoms with Gasteiger partial charge in [-0.3, -0.25) is 14.7 Å². The van der Waals surface area contributed by atoms with Gasteiger partial charge >= 0.3 is 0 Å². The minimum Gasteiger partial charge on any atom is -0.368 e. The maximum Gasteiger partial charge on any atom is 0.255 e. The van der Waals surface area contributed by atoms with E-state index in [2.05, 4.69) is 20.4 Å². The van der Waals surface area contributed by atoms with Crippen molar-refractivity contribution in [3.05, 3.63) is 41.8 Å². The van der Waals surface area contributed by atoms with Crippen LogP contribution in [-0.4, -0.2) is 52.7 Å². The second-order valence-corrected chi connectivity index (χ2v) is 6.18. The number of carbonyl (C=O) groups excluding carboxylic acids is 1. The third-order valence-electron chi connectivity index (χ3n) is 3.98. The Labute approximate surface area is 146 Å². The summed E-state index contributed by atoms with van der Waals surface area (Å²) in [4.78, 5) is 22.3. The van der Waals surface area contributed by atoms with Gasteiger partial charge in [0, 0.05) is 38.5 Å². The molecule has 134 valence electrons. The summed E-state index contributed by atoms with van der Waals surface area (Å²) in [5, 5.41) is 6.82. The van der Waals surface area contributed by atoms with Gasteiger partial charge in [-0.15, -0.1) is 0 Å². The number of hydrogen-bond donors (Lipinski definition) is 1. The Balaban J connectivity index is 1.36. The van der Waals surface area contributed by atoms with Gasteiger partial charge in [0.15, 0.2) is 5.82 Å². The third-order valence-corrected chi connectivity index (χ3v) is 3.98. The molecule has 8 nitrogen and oxygen atoms in total. The van der Waals surface area contributed by atoms with Crippen molar-refractivity contribution in [2.24, 2.45) is 0 Å². The monoisotopic (exact) mass is 345 g/mol. The first-order valence-electron chi connectivity index (χ1n) is 8.49. The van der Waals surface area contributed by atoms with E-state index in [0.717, 1.165) is 25.0 Å². The highest BCUT2D eigenvalue weighted by Crippen LogP contribution is 2.26. The molecule has 3 heterocycles. The largest absolute Gasteiger partial charge is 0.368 e. The van der Waals surface area contributed by atoms with E-state index in [1.165, 1.54) is 0 Å². The van der Waals surface area contributed by atoms with Crippen LogP contribution in [0.5, 0.6) is 0 Å². The highest BCUT2D eigenvalue weighted by atomic mass is 16.5. The lowest BCUT2D eigenvalue weighted by Gasteiger charge is -2.16. The van der Waals surface area contributed by atoms with E-state index < -0.39 is 0 Å². The number of ether oxygens (including phenoxy) is 1. The number of amides is 1. The normalized spacial score (nSPS) is 17.1. The first-order chi connectivity index (χ1) is 12.2. The van der Waals surface area contributed by atoms with E-state index in [9.17, 15) is 4.79 Å². The zero-order valence-electron chi connectivity index (χ0n) is 14.4. The molecule has 1 N–H and O–H groups in total. The van der Waals surface area contributed by atoms with E-state index in [1.807, 2.05) is 24.1 Å². The molecule has 1 aliphatic heterocycles. The maximum atomic E-state index is 12.0. The minimum atomic E-state index is -0.0716. The fourth-order valence-corrected chi connectivity index (χ4v) is 2.74. The fourth-order valence-electron chi connectivity index (χ4n) is 2.74. The summed E-state index contributed by atoms with van der Waals surface area (Å²) < 4.78 is 10.7. The molecule has 1 fully saturated rings. The smallest absolute Gasteiger partial charge is 0.255 e. The van der Waals surface area contributed by atoms with Crippen molar-refractivity contribution in [3.63, 3.8) is 0 Å². The van der Waals surface area contributed by atoms with Crippen LogP contribution in [0.25, 0.3) is 0 Å². The zero-order chi connectivity index (χ0) is 17.5. The molecule has 0 spiro atoms. The summed E-state index contributed by atoms with van der Waals surface area (Å²) in [6, 6.07) is 3.88. The standard InChI is InChI=1S/C17H23N5O3/c1-22(11-13-4-7-18-8-5-13)12-16(23)19-9-6-15-20-17(25-21-15)14-3-2-10-24-14/h4-5,7-8,14H,2-3,6,9-12H2,1H3,(H,19,23). The predicted molar refractivity (Wildman–Crippen MR) is 89.5 cm³/mol. The molecule has 1 unspecified atom stereocenters. The molecule has 2 aromatic rings. The molecule has 3 rings (SSSR count). The van der Waals surface area contributed by atoms with Crippen LogP contribution in [0.3, 0.4) is 0 Å². The van der Waals surface area contributed by atoms with Crippen LogP contribution in [0.4, 0.5) is 0 Å². The number of nitrogens with zero attached hydrogens (tertiary/aromatic N) is 4. The van der Waals surface area contributed by atoms with E-state index in [-0.39, 0.29) is 12.0 Å². The van der Waals surface area contributed by atoms with Crippen LogP contribution in [0.1, 0.15) is 36.2 Å². The molecular formula is C17H23N5O3. The fraction of sp³-hybridized carbons (Fsp3) is 0.529. The highest BCUT2D eigenvalue weighted by Gasteiger charge is 2.23. The number of carbonyl (C=O) groups is 1.